The van der Waals surface area contributed by atoms with Crippen LogP contribution in [-0.2, 0) is 16.1 Å². The fourth-order valence-electron chi connectivity index (χ4n) is 1.14. The molecule has 0 aliphatic carbocycles. The van der Waals surface area contributed by atoms with Gasteiger partial charge in [0.05, 0.1) is 12.3 Å². The average molecular weight is 235 g/mol. The number of hydrogen-bond donors (Lipinski definition) is 1. The van der Waals surface area contributed by atoms with Gasteiger partial charge in [-0.1, -0.05) is 12.1 Å². The van der Waals surface area contributed by atoms with Gasteiger partial charge in [0.25, 0.3) is 0 Å². The minimum atomic E-state index is -0.510. The molecule has 0 heterocycles. The van der Waals surface area contributed by atoms with Crippen LogP contribution in [0.15, 0.2) is 29.3 Å². The topological polar surface area (TPSA) is 58.9 Å². The van der Waals surface area contributed by atoms with Crippen molar-refractivity contribution in [3.63, 3.8) is 0 Å². The van der Waals surface area contributed by atoms with Gasteiger partial charge in [0, 0.05) is 0 Å². The van der Waals surface area contributed by atoms with Crippen LogP contribution in [0.5, 0.6) is 0 Å². The van der Waals surface area contributed by atoms with E-state index >= 15 is 0 Å². The molecule has 0 aromatic heterocycles. The van der Waals surface area contributed by atoms with Gasteiger partial charge in [-0.3, -0.25) is 0 Å². The Bertz CT molecular complexity index is 402. The lowest BCUT2D eigenvalue weighted by Gasteiger charge is -2.17. The first kappa shape index (κ1) is 13.4. The van der Waals surface area contributed by atoms with Gasteiger partial charge in [0.2, 0.25) is 0 Å². The van der Waals surface area contributed by atoms with Gasteiger partial charge in [0.15, 0.2) is 0 Å². The molecule has 1 N–H and O–H groups in total. The lowest BCUT2D eigenvalue weighted by atomic mass is 10.2. The molecule has 92 valence electrons. The number of hydrogen-bond acceptors (Lipinski definition) is 4. The molecule has 0 aliphatic heterocycles. The normalized spacial score (nSPS) is 11.8. The van der Waals surface area contributed by atoms with E-state index < -0.39 is 11.6 Å². The molecule has 17 heavy (non-hydrogen) atoms. The number of esters is 1. The second-order valence-corrected chi connectivity index (χ2v) is 4.62. The molecule has 0 aliphatic rings. The number of carbonyl (C=O) groups excluding carboxylic acids is 1. The van der Waals surface area contributed by atoms with E-state index in [1.807, 2.05) is 0 Å². The Morgan fingerprint density at radius 3 is 2.41 bits per heavy atom. The number of aliphatic imine (C=N–C) groups is 1. The number of benzene rings is 1. The fraction of sp³-hybridized carbons (Fsp3) is 0.385. The molecule has 0 amide bonds. The summed E-state index contributed by atoms with van der Waals surface area (Å²) in [4.78, 5) is 15.3. The summed E-state index contributed by atoms with van der Waals surface area (Å²) in [6.07, 6.45) is 1.15. The van der Waals surface area contributed by atoms with Crippen molar-refractivity contribution in [3.8, 4) is 0 Å². The molecule has 0 fully saturated rings. The maximum atomic E-state index is 11.3. The van der Waals surface area contributed by atoms with E-state index in [1.165, 1.54) is 0 Å². The Kier molecular flexibility index (Phi) is 4.40. The van der Waals surface area contributed by atoms with Crippen LogP contribution in [0.25, 0.3) is 0 Å². The first-order chi connectivity index (χ1) is 7.90. The number of aliphatic hydroxyl groups is 1. The first-order valence-corrected chi connectivity index (χ1v) is 5.37. The minimum Gasteiger partial charge on any atom is -0.456 e. The van der Waals surface area contributed by atoms with Gasteiger partial charge in [-0.2, -0.15) is 0 Å². The summed E-state index contributed by atoms with van der Waals surface area (Å²) in [5.41, 5.74) is 0.943. The van der Waals surface area contributed by atoms with Crippen LogP contribution in [0.2, 0.25) is 0 Å². The van der Waals surface area contributed by atoms with Crippen LogP contribution in [0.1, 0.15) is 26.3 Å². The van der Waals surface area contributed by atoms with Crippen molar-refractivity contribution in [2.45, 2.75) is 33.0 Å². The summed E-state index contributed by atoms with van der Waals surface area (Å²) < 4.78 is 5.08. The smallest absolute Gasteiger partial charge is 0.349 e. The van der Waals surface area contributed by atoms with Crippen molar-refractivity contribution in [2.24, 2.45) is 4.99 Å². The molecule has 4 heteroatoms. The van der Waals surface area contributed by atoms with Gasteiger partial charge in [0.1, 0.15) is 11.8 Å². The monoisotopic (exact) mass is 235 g/mol. The second kappa shape index (κ2) is 5.59. The van der Waals surface area contributed by atoms with E-state index in [2.05, 4.69) is 4.99 Å². The lowest BCUT2D eigenvalue weighted by Crippen LogP contribution is -2.24. The predicted molar refractivity (Wildman–Crippen MR) is 66.4 cm³/mol. The van der Waals surface area contributed by atoms with Gasteiger partial charge in [-0.25, -0.2) is 9.79 Å². The summed E-state index contributed by atoms with van der Waals surface area (Å²) in [5, 5.41) is 8.86. The first-order valence-electron chi connectivity index (χ1n) is 5.37. The minimum absolute atomic E-state index is 0.00391. The highest BCUT2D eigenvalue weighted by Crippen LogP contribution is 2.13. The molecule has 0 spiro atoms. The molecule has 4 nitrogen and oxygen atoms in total. The summed E-state index contributed by atoms with van der Waals surface area (Å²) in [7, 11) is 0. The van der Waals surface area contributed by atoms with Crippen molar-refractivity contribution in [1.82, 2.24) is 0 Å². The summed E-state index contributed by atoms with van der Waals surface area (Å²) >= 11 is 0. The Balaban J connectivity index is 2.61. The fourth-order valence-corrected chi connectivity index (χ4v) is 1.14. The van der Waals surface area contributed by atoms with Crippen molar-refractivity contribution >= 4 is 17.9 Å². The van der Waals surface area contributed by atoms with E-state index in [9.17, 15) is 4.79 Å². The Morgan fingerprint density at radius 2 is 1.94 bits per heavy atom. The lowest BCUT2D eigenvalue weighted by molar-refractivity contribution is -0.145. The van der Waals surface area contributed by atoms with E-state index in [4.69, 9.17) is 9.84 Å². The molecular formula is C13H17NO3. The molecule has 0 bridgehead atoms. The maximum absolute atomic E-state index is 11.3. The van der Waals surface area contributed by atoms with Crippen LogP contribution in [0, 0.1) is 0 Å². The number of rotatable bonds is 3. The zero-order chi connectivity index (χ0) is 12.9. The SMILES string of the molecule is CC(C)(C)OC(=O)C=Nc1ccc(CO)cc1. The molecule has 1 rings (SSSR count). The van der Waals surface area contributed by atoms with Gasteiger partial charge < -0.3 is 9.84 Å². The standard InChI is InChI=1S/C13H17NO3/c1-13(2,3)17-12(16)8-14-11-6-4-10(9-15)5-7-11/h4-8,15H,9H2,1-3H3. The highest BCUT2D eigenvalue weighted by Gasteiger charge is 2.14. The summed E-state index contributed by atoms with van der Waals surface area (Å²) in [6.45, 7) is 5.40. The third-order valence-electron chi connectivity index (χ3n) is 1.84. The van der Waals surface area contributed by atoms with Gasteiger partial charge in [-0.15, -0.1) is 0 Å². The van der Waals surface area contributed by atoms with E-state index in [-0.39, 0.29) is 6.61 Å². The zero-order valence-corrected chi connectivity index (χ0v) is 10.3. The van der Waals surface area contributed by atoms with E-state index in [0.717, 1.165) is 11.8 Å². The maximum Gasteiger partial charge on any atom is 0.349 e. The van der Waals surface area contributed by atoms with Crippen molar-refractivity contribution in [2.75, 3.05) is 0 Å². The van der Waals surface area contributed by atoms with Crippen LogP contribution < -0.4 is 0 Å². The Hall–Kier alpha value is -1.68. The quantitative estimate of drug-likeness (QED) is 0.645. The Morgan fingerprint density at radius 1 is 1.35 bits per heavy atom. The highest BCUT2D eigenvalue weighted by molar-refractivity contribution is 6.23. The van der Waals surface area contributed by atoms with Crippen LogP contribution in [0.3, 0.4) is 0 Å². The molecule has 0 saturated carbocycles. The summed E-state index contributed by atoms with van der Waals surface area (Å²) in [5.74, 6) is -0.469. The predicted octanol–water partition coefficient (Wildman–Crippen LogP) is 2.22. The molecule has 1 aromatic rings. The van der Waals surface area contributed by atoms with Crippen LogP contribution >= 0.6 is 0 Å². The molecule has 0 saturated heterocycles. The van der Waals surface area contributed by atoms with Crippen LogP contribution in [-0.4, -0.2) is 22.9 Å². The number of aliphatic hydroxyl groups excluding tert-OH is 1. The Labute approximate surface area is 101 Å². The van der Waals surface area contributed by atoms with Crippen LogP contribution in [0.4, 0.5) is 5.69 Å². The molecule has 0 radical (unpaired) electrons. The largest absolute Gasteiger partial charge is 0.456 e. The highest BCUT2D eigenvalue weighted by atomic mass is 16.6. The average Bonchev–Trinajstić information content (AvgIpc) is 2.25. The zero-order valence-electron chi connectivity index (χ0n) is 10.3. The van der Waals surface area contributed by atoms with E-state index in [0.29, 0.717) is 5.69 Å². The number of nitrogens with zero attached hydrogens (tertiary/aromatic N) is 1. The number of carbonyl (C=O) groups is 1. The van der Waals surface area contributed by atoms with Crippen molar-refractivity contribution < 1.29 is 14.6 Å². The van der Waals surface area contributed by atoms with Crippen molar-refractivity contribution in [1.29, 1.82) is 0 Å². The molecular weight excluding hydrogens is 218 g/mol. The van der Waals surface area contributed by atoms with Gasteiger partial charge >= 0.3 is 5.97 Å². The molecule has 1 aromatic carbocycles. The van der Waals surface area contributed by atoms with Gasteiger partial charge in [-0.05, 0) is 38.5 Å². The third kappa shape index (κ3) is 5.26. The summed E-state index contributed by atoms with van der Waals surface area (Å²) in [6, 6.07) is 6.96. The molecule has 0 atom stereocenters. The third-order valence-corrected chi connectivity index (χ3v) is 1.84. The molecule has 0 unspecified atom stereocenters. The van der Waals surface area contributed by atoms with Crippen molar-refractivity contribution in [3.05, 3.63) is 29.8 Å². The number of ether oxygens (including phenoxy) is 1. The van der Waals surface area contributed by atoms with E-state index in [1.54, 1.807) is 45.0 Å². The second-order valence-electron chi connectivity index (χ2n) is 4.62.